The van der Waals surface area contributed by atoms with Crippen LogP contribution in [0.25, 0.3) is 0 Å². The van der Waals surface area contributed by atoms with Crippen LogP contribution in [-0.4, -0.2) is 62.2 Å². The molecule has 0 aromatic rings. The van der Waals surface area contributed by atoms with Crippen LogP contribution in [0.15, 0.2) is 0 Å². The van der Waals surface area contributed by atoms with Crippen molar-refractivity contribution in [2.24, 2.45) is 0 Å². The molecule has 1 heterocycles. The van der Waals surface area contributed by atoms with Crippen molar-refractivity contribution >= 4 is 0 Å². The lowest BCUT2D eigenvalue weighted by molar-refractivity contribution is 0.203. The average molecular weight is 241 g/mol. The molecule has 0 amide bonds. The maximum atomic E-state index is 3.49. The van der Waals surface area contributed by atoms with Gasteiger partial charge in [0, 0.05) is 18.6 Å². The first kappa shape index (κ1) is 14.9. The minimum atomic E-state index is 0.676. The zero-order valence-electron chi connectivity index (χ0n) is 12.2. The van der Waals surface area contributed by atoms with Crippen molar-refractivity contribution in [3.05, 3.63) is 0 Å². The molecule has 0 spiro atoms. The van der Waals surface area contributed by atoms with Crippen LogP contribution in [0.2, 0.25) is 0 Å². The quantitative estimate of drug-likeness (QED) is 0.699. The number of nitrogens with zero attached hydrogens (tertiary/aromatic N) is 2. The molecule has 102 valence electrons. The molecule has 1 aliphatic heterocycles. The summed E-state index contributed by atoms with van der Waals surface area (Å²) in [7, 11) is 4.37. The summed E-state index contributed by atoms with van der Waals surface area (Å²) in [5, 5.41) is 3.49. The Morgan fingerprint density at radius 2 is 2.18 bits per heavy atom. The lowest BCUT2D eigenvalue weighted by Gasteiger charge is -2.27. The number of rotatable bonds is 8. The maximum absolute atomic E-state index is 3.49. The Kier molecular flexibility index (Phi) is 7.09. The molecule has 3 nitrogen and oxygen atoms in total. The fraction of sp³-hybridized carbons (Fsp3) is 1.00. The highest BCUT2D eigenvalue weighted by Gasteiger charge is 2.24. The zero-order chi connectivity index (χ0) is 12.7. The van der Waals surface area contributed by atoms with E-state index in [2.05, 4.69) is 43.1 Å². The molecule has 2 unspecified atom stereocenters. The highest BCUT2D eigenvalue weighted by atomic mass is 15.2. The van der Waals surface area contributed by atoms with Gasteiger partial charge < -0.3 is 10.2 Å². The SMILES string of the molecule is CCNC(C)CCCN1CCCC1CN(C)C. The molecule has 0 radical (unpaired) electrons. The van der Waals surface area contributed by atoms with Crippen molar-refractivity contribution in [1.82, 2.24) is 15.1 Å². The van der Waals surface area contributed by atoms with Gasteiger partial charge in [0.1, 0.15) is 0 Å². The molecule has 17 heavy (non-hydrogen) atoms. The molecule has 1 saturated heterocycles. The first-order valence-corrected chi connectivity index (χ1v) is 7.25. The van der Waals surface area contributed by atoms with Gasteiger partial charge in [0.05, 0.1) is 0 Å². The van der Waals surface area contributed by atoms with Crippen LogP contribution >= 0.6 is 0 Å². The van der Waals surface area contributed by atoms with E-state index in [0.717, 1.165) is 12.6 Å². The second-order valence-corrected chi connectivity index (χ2v) is 5.70. The van der Waals surface area contributed by atoms with E-state index in [1.54, 1.807) is 0 Å². The van der Waals surface area contributed by atoms with Crippen molar-refractivity contribution in [3.63, 3.8) is 0 Å². The smallest absolute Gasteiger partial charge is 0.0223 e. The normalized spacial score (nSPS) is 23.5. The third-order valence-electron chi connectivity index (χ3n) is 3.71. The standard InChI is InChI=1S/C14H31N3/c1-5-15-13(2)8-6-10-17-11-7-9-14(17)12-16(3)4/h13-15H,5-12H2,1-4H3. The molecule has 1 N–H and O–H groups in total. The predicted molar refractivity (Wildman–Crippen MR) is 75.5 cm³/mol. The molecule has 0 saturated carbocycles. The number of likely N-dealkylation sites (tertiary alicyclic amines) is 1. The van der Waals surface area contributed by atoms with Crippen LogP contribution in [0.4, 0.5) is 0 Å². The van der Waals surface area contributed by atoms with Crippen LogP contribution in [-0.2, 0) is 0 Å². The summed E-state index contributed by atoms with van der Waals surface area (Å²) in [5.41, 5.74) is 0. The second-order valence-electron chi connectivity index (χ2n) is 5.70. The van der Waals surface area contributed by atoms with Gasteiger partial charge in [-0.25, -0.2) is 0 Å². The van der Waals surface area contributed by atoms with Gasteiger partial charge in [-0.1, -0.05) is 6.92 Å². The van der Waals surface area contributed by atoms with Crippen LogP contribution in [0, 0.1) is 0 Å². The number of hydrogen-bond donors (Lipinski definition) is 1. The predicted octanol–water partition coefficient (Wildman–Crippen LogP) is 1.79. The molecule has 3 heteroatoms. The molecule has 1 rings (SSSR count). The minimum absolute atomic E-state index is 0.676. The highest BCUT2D eigenvalue weighted by Crippen LogP contribution is 2.18. The van der Waals surface area contributed by atoms with E-state index in [4.69, 9.17) is 0 Å². The molecule has 0 aromatic carbocycles. The largest absolute Gasteiger partial charge is 0.315 e. The third kappa shape index (κ3) is 5.84. The fourth-order valence-electron chi connectivity index (χ4n) is 2.87. The Morgan fingerprint density at radius 3 is 2.82 bits per heavy atom. The number of nitrogens with one attached hydrogen (secondary N) is 1. The Balaban J connectivity index is 2.17. The van der Waals surface area contributed by atoms with Gasteiger partial charge in [-0.3, -0.25) is 4.90 Å². The van der Waals surface area contributed by atoms with Gasteiger partial charge in [-0.15, -0.1) is 0 Å². The van der Waals surface area contributed by atoms with Crippen molar-refractivity contribution in [2.75, 3.05) is 40.3 Å². The molecular weight excluding hydrogens is 210 g/mol. The summed E-state index contributed by atoms with van der Waals surface area (Å²) in [6.07, 6.45) is 5.42. The van der Waals surface area contributed by atoms with Gasteiger partial charge in [-0.05, 0) is 66.3 Å². The van der Waals surface area contributed by atoms with Crippen LogP contribution in [0.5, 0.6) is 0 Å². The monoisotopic (exact) mass is 241 g/mol. The van der Waals surface area contributed by atoms with E-state index in [1.807, 2.05) is 0 Å². The molecule has 0 bridgehead atoms. The topological polar surface area (TPSA) is 18.5 Å². The van der Waals surface area contributed by atoms with E-state index >= 15 is 0 Å². The second kappa shape index (κ2) is 8.06. The van der Waals surface area contributed by atoms with E-state index in [1.165, 1.54) is 45.3 Å². The van der Waals surface area contributed by atoms with Crippen LogP contribution in [0.1, 0.15) is 39.5 Å². The fourth-order valence-corrected chi connectivity index (χ4v) is 2.87. The molecule has 0 aromatic heterocycles. The first-order valence-electron chi connectivity index (χ1n) is 7.25. The Hall–Kier alpha value is -0.120. The Bertz CT molecular complexity index is 194. The molecule has 1 fully saturated rings. The molecular formula is C14H31N3. The van der Waals surface area contributed by atoms with Gasteiger partial charge in [0.15, 0.2) is 0 Å². The van der Waals surface area contributed by atoms with Gasteiger partial charge in [-0.2, -0.15) is 0 Å². The van der Waals surface area contributed by atoms with Gasteiger partial charge in [0.25, 0.3) is 0 Å². The lowest BCUT2D eigenvalue weighted by Crippen LogP contribution is -2.38. The summed E-state index contributed by atoms with van der Waals surface area (Å²) in [6.45, 7) is 9.40. The van der Waals surface area contributed by atoms with Crippen LogP contribution in [0.3, 0.4) is 0 Å². The van der Waals surface area contributed by atoms with Gasteiger partial charge in [0.2, 0.25) is 0 Å². The first-order chi connectivity index (χ1) is 8.13. The maximum Gasteiger partial charge on any atom is 0.0223 e. The van der Waals surface area contributed by atoms with Crippen molar-refractivity contribution in [3.8, 4) is 0 Å². The van der Waals surface area contributed by atoms with E-state index in [9.17, 15) is 0 Å². The van der Waals surface area contributed by atoms with E-state index < -0.39 is 0 Å². The van der Waals surface area contributed by atoms with Crippen molar-refractivity contribution in [1.29, 1.82) is 0 Å². The summed E-state index contributed by atoms with van der Waals surface area (Å²) < 4.78 is 0. The Labute approximate surface area is 108 Å². The van der Waals surface area contributed by atoms with Gasteiger partial charge >= 0.3 is 0 Å². The van der Waals surface area contributed by atoms with Crippen molar-refractivity contribution in [2.45, 2.75) is 51.6 Å². The van der Waals surface area contributed by atoms with E-state index in [-0.39, 0.29) is 0 Å². The summed E-state index contributed by atoms with van der Waals surface area (Å²) in [6, 6.07) is 1.48. The third-order valence-corrected chi connectivity index (χ3v) is 3.71. The lowest BCUT2D eigenvalue weighted by atomic mass is 10.1. The molecule has 1 aliphatic rings. The van der Waals surface area contributed by atoms with E-state index in [0.29, 0.717) is 6.04 Å². The summed E-state index contributed by atoms with van der Waals surface area (Å²) in [5.74, 6) is 0. The number of hydrogen-bond acceptors (Lipinski definition) is 3. The molecule has 2 atom stereocenters. The highest BCUT2D eigenvalue weighted by molar-refractivity contribution is 4.81. The molecule has 0 aliphatic carbocycles. The summed E-state index contributed by atoms with van der Waals surface area (Å²) in [4.78, 5) is 5.02. The zero-order valence-corrected chi connectivity index (χ0v) is 12.2. The van der Waals surface area contributed by atoms with Crippen molar-refractivity contribution < 1.29 is 0 Å². The Morgan fingerprint density at radius 1 is 1.41 bits per heavy atom. The average Bonchev–Trinajstić information content (AvgIpc) is 2.65. The summed E-state index contributed by atoms with van der Waals surface area (Å²) >= 11 is 0. The minimum Gasteiger partial charge on any atom is -0.315 e. The number of likely N-dealkylation sites (N-methyl/N-ethyl adjacent to an activating group) is 1. The van der Waals surface area contributed by atoms with Crippen LogP contribution < -0.4 is 5.32 Å².